The van der Waals surface area contributed by atoms with Crippen molar-refractivity contribution in [3.63, 3.8) is 0 Å². The number of rotatable bonds is 3. The van der Waals surface area contributed by atoms with E-state index in [2.05, 4.69) is 15.3 Å². The standard InChI is InChI=1S/C11H7Cl2N3OS/c12-8-6-9(16-11(13)14-8)15-10(17)4-3-7-2-1-5-18-7/h1-6H,(H,14,15,16,17)/b4-3+. The van der Waals surface area contributed by atoms with Crippen molar-refractivity contribution in [3.05, 3.63) is 45.0 Å². The number of halogens is 2. The summed E-state index contributed by atoms with van der Waals surface area (Å²) in [4.78, 5) is 20.1. The molecular weight excluding hydrogens is 293 g/mol. The van der Waals surface area contributed by atoms with Gasteiger partial charge in [0.05, 0.1) is 0 Å². The third-order valence-electron chi connectivity index (χ3n) is 1.86. The van der Waals surface area contributed by atoms with Gasteiger partial charge in [0.1, 0.15) is 11.0 Å². The minimum absolute atomic E-state index is 0.0139. The molecule has 2 rings (SSSR count). The van der Waals surface area contributed by atoms with E-state index in [4.69, 9.17) is 23.2 Å². The summed E-state index contributed by atoms with van der Waals surface area (Å²) in [6, 6.07) is 5.24. The van der Waals surface area contributed by atoms with Crippen molar-refractivity contribution < 1.29 is 4.79 Å². The molecule has 18 heavy (non-hydrogen) atoms. The maximum Gasteiger partial charge on any atom is 0.249 e. The van der Waals surface area contributed by atoms with E-state index in [0.717, 1.165) is 4.88 Å². The monoisotopic (exact) mass is 299 g/mol. The van der Waals surface area contributed by atoms with E-state index < -0.39 is 0 Å². The lowest BCUT2D eigenvalue weighted by Crippen LogP contribution is -2.09. The molecule has 0 aromatic carbocycles. The average molecular weight is 300 g/mol. The van der Waals surface area contributed by atoms with Crippen LogP contribution in [0.1, 0.15) is 4.88 Å². The molecule has 1 amide bonds. The van der Waals surface area contributed by atoms with E-state index in [1.54, 1.807) is 17.4 Å². The Morgan fingerprint density at radius 2 is 2.22 bits per heavy atom. The highest BCUT2D eigenvalue weighted by atomic mass is 35.5. The van der Waals surface area contributed by atoms with Gasteiger partial charge in [-0.1, -0.05) is 17.7 Å². The Bertz CT molecular complexity index is 564. The van der Waals surface area contributed by atoms with E-state index in [0.29, 0.717) is 0 Å². The number of hydrogen-bond donors (Lipinski definition) is 1. The van der Waals surface area contributed by atoms with Crippen LogP contribution in [-0.2, 0) is 4.79 Å². The van der Waals surface area contributed by atoms with Crippen LogP contribution in [0.15, 0.2) is 29.7 Å². The number of amides is 1. The fourth-order valence-corrected chi connectivity index (χ4v) is 2.19. The summed E-state index contributed by atoms with van der Waals surface area (Å²) in [5.74, 6) is -0.0462. The first-order chi connectivity index (χ1) is 8.63. The molecule has 92 valence electrons. The van der Waals surface area contributed by atoms with Gasteiger partial charge in [0.2, 0.25) is 11.2 Å². The largest absolute Gasteiger partial charge is 0.307 e. The first kappa shape index (κ1) is 13.0. The topological polar surface area (TPSA) is 54.9 Å². The summed E-state index contributed by atoms with van der Waals surface area (Å²) >= 11 is 12.8. The van der Waals surface area contributed by atoms with Crippen molar-refractivity contribution in [2.75, 3.05) is 5.32 Å². The normalized spacial score (nSPS) is 10.8. The Hall–Kier alpha value is -1.43. The molecule has 0 radical (unpaired) electrons. The zero-order chi connectivity index (χ0) is 13.0. The molecule has 0 fully saturated rings. The van der Waals surface area contributed by atoms with Crippen LogP contribution >= 0.6 is 34.5 Å². The van der Waals surface area contributed by atoms with Crippen molar-refractivity contribution >= 4 is 52.3 Å². The zero-order valence-corrected chi connectivity index (χ0v) is 11.3. The molecule has 2 heterocycles. The average Bonchev–Trinajstić information content (AvgIpc) is 2.77. The number of nitrogens with zero attached hydrogens (tertiary/aromatic N) is 2. The van der Waals surface area contributed by atoms with Gasteiger partial charge in [-0.25, -0.2) is 9.97 Å². The summed E-state index contributed by atoms with van der Waals surface area (Å²) in [5, 5.41) is 4.64. The predicted molar refractivity (Wildman–Crippen MR) is 74.0 cm³/mol. The number of thiophene rings is 1. The van der Waals surface area contributed by atoms with Crippen LogP contribution in [0.25, 0.3) is 6.08 Å². The molecular formula is C11H7Cl2N3OS. The number of aromatic nitrogens is 2. The van der Waals surface area contributed by atoms with Crippen LogP contribution in [-0.4, -0.2) is 15.9 Å². The first-order valence-corrected chi connectivity index (χ1v) is 6.50. The Labute approximate surface area is 117 Å². The quantitative estimate of drug-likeness (QED) is 0.536. The number of anilines is 1. The molecule has 0 atom stereocenters. The third-order valence-corrected chi connectivity index (χ3v) is 3.06. The molecule has 0 aliphatic carbocycles. The van der Waals surface area contributed by atoms with E-state index in [-0.39, 0.29) is 22.2 Å². The minimum Gasteiger partial charge on any atom is -0.307 e. The van der Waals surface area contributed by atoms with E-state index in [9.17, 15) is 4.79 Å². The Kier molecular flexibility index (Phi) is 4.30. The molecule has 1 N–H and O–H groups in total. The molecule has 0 saturated carbocycles. The smallest absolute Gasteiger partial charge is 0.249 e. The van der Waals surface area contributed by atoms with E-state index in [1.165, 1.54) is 12.1 Å². The van der Waals surface area contributed by atoms with Gasteiger partial charge in [0.25, 0.3) is 0 Å². The Morgan fingerprint density at radius 3 is 2.89 bits per heavy atom. The second kappa shape index (κ2) is 5.95. The van der Waals surface area contributed by atoms with Crippen molar-refractivity contribution in [1.82, 2.24) is 9.97 Å². The lowest BCUT2D eigenvalue weighted by atomic mass is 10.4. The summed E-state index contributed by atoms with van der Waals surface area (Å²) in [6.07, 6.45) is 3.13. The third kappa shape index (κ3) is 3.80. The Morgan fingerprint density at radius 1 is 1.39 bits per heavy atom. The zero-order valence-electron chi connectivity index (χ0n) is 8.93. The van der Waals surface area contributed by atoms with Gasteiger partial charge in [-0.15, -0.1) is 11.3 Å². The summed E-state index contributed by atoms with van der Waals surface area (Å²) in [6.45, 7) is 0. The highest BCUT2D eigenvalue weighted by molar-refractivity contribution is 7.10. The van der Waals surface area contributed by atoms with E-state index >= 15 is 0 Å². The van der Waals surface area contributed by atoms with Crippen LogP contribution in [0.5, 0.6) is 0 Å². The van der Waals surface area contributed by atoms with Gasteiger partial charge in [-0.2, -0.15) is 0 Å². The predicted octanol–water partition coefficient (Wildman–Crippen LogP) is 3.50. The van der Waals surface area contributed by atoms with E-state index in [1.807, 2.05) is 17.5 Å². The van der Waals surface area contributed by atoms with Crippen molar-refractivity contribution in [1.29, 1.82) is 0 Å². The summed E-state index contributed by atoms with van der Waals surface area (Å²) < 4.78 is 0. The number of nitrogens with one attached hydrogen (secondary N) is 1. The van der Waals surface area contributed by atoms with Gasteiger partial charge >= 0.3 is 0 Å². The minimum atomic E-state index is -0.311. The molecule has 0 aliphatic rings. The molecule has 0 saturated heterocycles. The number of carbonyl (C=O) groups excluding carboxylic acids is 1. The van der Waals surface area contributed by atoms with Crippen LogP contribution < -0.4 is 5.32 Å². The van der Waals surface area contributed by atoms with Gasteiger partial charge in [-0.05, 0) is 29.1 Å². The van der Waals surface area contributed by atoms with Gasteiger partial charge in [0.15, 0.2) is 0 Å². The first-order valence-electron chi connectivity index (χ1n) is 4.86. The fraction of sp³-hybridized carbons (Fsp3) is 0. The van der Waals surface area contributed by atoms with Crippen molar-refractivity contribution in [2.24, 2.45) is 0 Å². The molecule has 7 heteroatoms. The van der Waals surface area contributed by atoms with Crippen LogP contribution in [0.2, 0.25) is 10.4 Å². The van der Waals surface area contributed by atoms with Gasteiger partial charge < -0.3 is 5.32 Å². The molecule has 2 aromatic heterocycles. The maximum atomic E-state index is 11.6. The van der Waals surface area contributed by atoms with Gasteiger partial charge in [0, 0.05) is 17.0 Å². The lowest BCUT2D eigenvalue weighted by molar-refractivity contribution is -0.111. The van der Waals surface area contributed by atoms with Crippen LogP contribution in [0.3, 0.4) is 0 Å². The maximum absolute atomic E-state index is 11.6. The Balaban J connectivity index is 2.03. The van der Waals surface area contributed by atoms with Crippen molar-refractivity contribution in [2.45, 2.75) is 0 Å². The highest BCUT2D eigenvalue weighted by Crippen LogP contribution is 2.14. The van der Waals surface area contributed by atoms with Crippen LogP contribution in [0.4, 0.5) is 5.82 Å². The molecule has 0 bridgehead atoms. The number of carbonyl (C=O) groups is 1. The molecule has 2 aromatic rings. The molecule has 4 nitrogen and oxygen atoms in total. The lowest BCUT2D eigenvalue weighted by Gasteiger charge is -2.01. The van der Waals surface area contributed by atoms with Gasteiger partial charge in [-0.3, -0.25) is 4.79 Å². The molecule has 0 spiro atoms. The summed E-state index contributed by atoms with van der Waals surface area (Å²) in [7, 11) is 0. The molecule has 0 aliphatic heterocycles. The second-order valence-electron chi connectivity index (χ2n) is 3.18. The second-order valence-corrected chi connectivity index (χ2v) is 4.89. The summed E-state index contributed by atoms with van der Waals surface area (Å²) in [5.41, 5.74) is 0. The van der Waals surface area contributed by atoms with Crippen LogP contribution in [0, 0.1) is 0 Å². The molecule has 0 unspecified atom stereocenters. The fourth-order valence-electron chi connectivity index (χ4n) is 1.17. The number of hydrogen-bond acceptors (Lipinski definition) is 4. The SMILES string of the molecule is O=C(/C=C/c1cccs1)Nc1cc(Cl)nc(Cl)n1. The van der Waals surface area contributed by atoms with Crippen molar-refractivity contribution in [3.8, 4) is 0 Å². The highest BCUT2D eigenvalue weighted by Gasteiger charge is 2.03.